The molecule has 29 heavy (non-hydrogen) atoms. The van der Waals surface area contributed by atoms with E-state index in [0.717, 1.165) is 5.56 Å². The second-order valence-corrected chi connectivity index (χ2v) is 7.04. The van der Waals surface area contributed by atoms with E-state index in [2.05, 4.69) is 9.64 Å². The number of hydrogen-bond acceptors (Lipinski definition) is 6. The lowest BCUT2D eigenvalue weighted by Crippen LogP contribution is -2.52. The lowest BCUT2D eigenvalue weighted by molar-refractivity contribution is -0.137. The number of carbonyl (C=O) groups excluding carboxylic acids is 3. The molecule has 0 saturated carbocycles. The third-order valence-corrected chi connectivity index (χ3v) is 5.16. The number of esters is 1. The van der Waals surface area contributed by atoms with Crippen LogP contribution in [-0.4, -0.2) is 98.6 Å². The molecule has 1 aromatic rings. The molecule has 2 aliphatic rings. The van der Waals surface area contributed by atoms with Crippen LogP contribution in [0.25, 0.3) is 6.08 Å². The molecular formula is C21H27N3O5. The van der Waals surface area contributed by atoms with Crippen molar-refractivity contribution in [2.24, 2.45) is 0 Å². The molecule has 2 amide bonds. The number of rotatable bonds is 5. The minimum atomic E-state index is -0.387. The molecule has 3 rings (SSSR count). The molecule has 2 aliphatic heterocycles. The van der Waals surface area contributed by atoms with E-state index in [1.165, 1.54) is 7.11 Å². The summed E-state index contributed by atoms with van der Waals surface area (Å²) in [6.07, 6.45) is 3.28. The van der Waals surface area contributed by atoms with Crippen molar-refractivity contribution in [2.45, 2.75) is 0 Å². The second kappa shape index (κ2) is 10.2. The van der Waals surface area contributed by atoms with Crippen molar-refractivity contribution < 1.29 is 23.9 Å². The molecule has 2 heterocycles. The fourth-order valence-electron chi connectivity index (χ4n) is 3.35. The Morgan fingerprint density at radius 3 is 2.24 bits per heavy atom. The Balaban J connectivity index is 1.44. The summed E-state index contributed by atoms with van der Waals surface area (Å²) in [4.78, 5) is 41.9. The number of hydrogen-bond donors (Lipinski definition) is 0. The summed E-state index contributed by atoms with van der Waals surface area (Å²) >= 11 is 0. The van der Waals surface area contributed by atoms with Gasteiger partial charge in [0.25, 0.3) is 0 Å². The zero-order valence-corrected chi connectivity index (χ0v) is 16.7. The molecule has 0 N–H and O–H groups in total. The Bertz CT molecular complexity index is 748. The van der Waals surface area contributed by atoms with Gasteiger partial charge in [-0.2, -0.15) is 0 Å². The first kappa shape index (κ1) is 21.0. The van der Waals surface area contributed by atoms with E-state index in [4.69, 9.17) is 4.74 Å². The van der Waals surface area contributed by atoms with Crippen LogP contribution in [0, 0.1) is 0 Å². The zero-order valence-electron chi connectivity index (χ0n) is 16.7. The number of methoxy groups -OCH3 is 1. The van der Waals surface area contributed by atoms with Crippen LogP contribution in [0.15, 0.2) is 30.3 Å². The first-order valence-corrected chi connectivity index (χ1v) is 9.80. The molecule has 0 spiro atoms. The van der Waals surface area contributed by atoms with Gasteiger partial charge in [0.2, 0.25) is 11.8 Å². The van der Waals surface area contributed by atoms with Crippen LogP contribution in [0.2, 0.25) is 0 Å². The maximum atomic E-state index is 12.4. The van der Waals surface area contributed by atoms with Crippen LogP contribution in [0.3, 0.4) is 0 Å². The smallest absolute Gasteiger partial charge is 0.337 e. The predicted octanol–water partition coefficient (Wildman–Crippen LogP) is 0.489. The number of piperazine rings is 1. The SMILES string of the molecule is COC(=O)c1ccc(/C=C/C(=O)N2CCN(CC(=O)N3CCOCC3)CC2)cc1. The van der Waals surface area contributed by atoms with E-state index >= 15 is 0 Å². The number of morpholine rings is 1. The second-order valence-electron chi connectivity index (χ2n) is 7.04. The fourth-order valence-corrected chi connectivity index (χ4v) is 3.35. The Kier molecular flexibility index (Phi) is 7.37. The van der Waals surface area contributed by atoms with Gasteiger partial charge in [-0.1, -0.05) is 12.1 Å². The number of amides is 2. The highest BCUT2D eigenvalue weighted by Gasteiger charge is 2.24. The highest BCUT2D eigenvalue weighted by molar-refractivity contribution is 5.92. The van der Waals surface area contributed by atoms with Crippen molar-refractivity contribution in [3.8, 4) is 0 Å². The lowest BCUT2D eigenvalue weighted by atomic mass is 10.1. The molecule has 8 nitrogen and oxygen atoms in total. The molecule has 156 valence electrons. The first-order valence-electron chi connectivity index (χ1n) is 9.80. The molecule has 0 radical (unpaired) electrons. The van der Waals surface area contributed by atoms with Gasteiger partial charge in [-0.05, 0) is 23.8 Å². The number of ether oxygens (including phenoxy) is 2. The van der Waals surface area contributed by atoms with Gasteiger partial charge in [-0.3, -0.25) is 14.5 Å². The van der Waals surface area contributed by atoms with E-state index in [9.17, 15) is 14.4 Å². The number of benzene rings is 1. The summed E-state index contributed by atoms with van der Waals surface area (Å²) < 4.78 is 9.95. The first-order chi connectivity index (χ1) is 14.1. The quantitative estimate of drug-likeness (QED) is 0.528. The average Bonchev–Trinajstić information content (AvgIpc) is 2.78. The summed E-state index contributed by atoms with van der Waals surface area (Å²) in [5.41, 5.74) is 1.31. The molecule has 2 fully saturated rings. The molecule has 0 bridgehead atoms. The van der Waals surface area contributed by atoms with Crippen molar-refractivity contribution in [1.29, 1.82) is 0 Å². The highest BCUT2D eigenvalue weighted by Crippen LogP contribution is 2.09. The summed E-state index contributed by atoms with van der Waals surface area (Å²) in [5.74, 6) is -0.314. The fraction of sp³-hybridized carbons (Fsp3) is 0.476. The van der Waals surface area contributed by atoms with Gasteiger partial charge in [-0.25, -0.2) is 4.79 Å². The minimum Gasteiger partial charge on any atom is -0.465 e. The molecule has 0 unspecified atom stereocenters. The maximum Gasteiger partial charge on any atom is 0.337 e. The van der Waals surface area contributed by atoms with Gasteiger partial charge in [0.15, 0.2) is 0 Å². The van der Waals surface area contributed by atoms with Crippen molar-refractivity contribution >= 4 is 23.9 Å². The van der Waals surface area contributed by atoms with Gasteiger partial charge in [0, 0.05) is 45.3 Å². The summed E-state index contributed by atoms with van der Waals surface area (Å²) in [6.45, 7) is 5.47. The van der Waals surface area contributed by atoms with Gasteiger partial charge in [0.1, 0.15) is 0 Å². The Morgan fingerprint density at radius 2 is 1.62 bits per heavy atom. The average molecular weight is 401 g/mol. The summed E-state index contributed by atoms with van der Waals surface area (Å²) in [5, 5.41) is 0. The minimum absolute atomic E-state index is 0.0544. The van der Waals surface area contributed by atoms with Gasteiger partial charge < -0.3 is 19.3 Å². The van der Waals surface area contributed by atoms with Crippen molar-refractivity contribution in [3.63, 3.8) is 0 Å². The molecule has 2 saturated heterocycles. The van der Waals surface area contributed by atoms with Crippen molar-refractivity contribution in [2.75, 3.05) is 66.1 Å². The van der Waals surface area contributed by atoms with Crippen LogP contribution in [0.4, 0.5) is 0 Å². The van der Waals surface area contributed by atoms with Crippen molar-refractivity contribution in [3.05, 3.63) is 41.5 Å². The highest BCUT2D eigenvalue weighted by atomic mass is 16.5. The van der Waals surface area contributed by atoms with Crippen molar-refractivity contribution in [1.82, 2.24) is 14.7 Å². The molecule has 8 heteroatoms. The summed E-state index contributed by atoms with van der Waals surface area (Å²) in [6, 6.07) is 6.87. The van der Waals surface area contributed by atoms with Gasteiger partial charge in [0.05, 0.1) is 32.4 Å². The van der Waals surface area contributed by atoms with Crippen LogP contribution in [0.5, 0.6) is 0 Å². The topological polar surface area (TPSA) is 79.4 Å². The monoisotopic (exact) mass is 401 g/mol. The summed E-state index contributed by atoms with van der Waals surface area (Å²) in [7, 11) is 1.34. The predicted molar refractivity (Wildman–Crippen MR) is 107 cm³/mol. The Hall–Kier alpha value is -2.71. The normalized spacial score (nSPS) is 18.1. The largest absolute Gasteiger partial charge is 0.465 e. The van der Waals surface area contributed by atoms with Gasteiger partial charge >= 0.3 is 5.97 Å². The lowest BCUT2D eigenvalue weighted by Gasteiger charge is -2.35. The molecule has 0 atom stereocenters. The van der Waals surface area contributed by atoms with E-state index in [1.54, 1.807) is 41.3 Å². The van der Waals surface area contributed by atoms with E-state index in [-0.39, 0.29) is 17.8 Å². The van der Waals surface area contributed by atoms with Crippen LogP contribution in [0.1, 0.15) is 15.9 Å². The zero-order chi connectivity index (χ0) is 20.6. The van der Waals surface area contributed by atoms with Crippen LogP contribution in [-0.2, 0) is 19.1 Å². The number of carbonyl (C=O) groups is 3. The Morgan fingerprint density at radius 1 is 0.966 bits per heavy atom. The van der Waals surface area contributed by atoms with Crippen LogP contribution < -0.4 is 0 Å². The molecule has 0 aliphatic carbocycles. The van der Waals surface area contributed by atoms with E-state index < -0.39 is 0 Å². The van der Waals surface area contributed by atoms with Gasteiger partial charge in [-0.15, -0.1) is 0 Å². The molecular weight excluding hydrogens is 374 g/mol. The number of nitrogens with zero attached hydrogens (tertiary/aromatic N) is 3. The van der Waals surface area contributed by atoms with E-state index in [0.29, 0.717) is 64.6 Å². The standard InChI is InChI=1S/C21H27N3O5/c1-28-21(27)18-5-2-17(3-6-18)4-7-19(25)23-10-8-22(9-11-23)16-20(26)24-12-14-29-15-13-24/h2-7H,8-16H2,1H3/b7-4+. The molecule has 0 aromatic heterocycles. The maximum absolute atomic E-state index is 12.4. The van der Waals surface area contributed by atoms with Crippen LogP contribution >= 0.6 is 0 Å². The Labute approximate surface area is 170 Å². The third kappa shape index (κ3) is 5.88. The third-order valence-electron chi connectivity index (χ3n) is 5.16. The molecule has 1 aromatic carbocycles. The van der Waals surface area contributed by atoms with E-state index in [1.807, 2.05) is 4.90 Å².